The highest BCUT2D eigenvalue weighted by molar-refractivity contribution is 5.91. The number of carbonyl (C=O) groups excluding carboxylic acids is 3. The van der Waals surface area contributed by atoms with Crippen LogP contribution in [0.3, 0.4) is 0 Å². The minimum atomic E-state index is -0.676. The molecule has 6 heteroatoms. The van der Waals surface area contributed by atoms with Crippen LogP contribution in [0.1, 0.15) is 25.3 Å². The van der Waals surface area contributed by atoms with E-state index in [1.807, 2.05) is 37.3 Å². The second-order valence-electron chi connectivity index (χ2n) is 9.02. The van der Waals surface area contributed by atoms with E-state index in [-0.39, 0.29) is 30.1 Å². The second-order valence-corrected chi connectivity index (χ2v) is 9.02. The molecule has 2 saturated heterocycles. The maximum atomic E-state index is 13.3. The summed E-state index contributed by atoms with van der Waals surface area (Å²) in [5.74, 6) is -0.313. The van der Waals surface area contributed by atoms with Crippen molar-refractivity contribution in [3.63, 3.8) is 0 Å². The Kier molecular flexibility index (Phi) is 6.31. The van der Waals surface area contributed by atoms with Crippen molar-refractivity contribution in [1.82, 2.24) is 15.1 Å². The third kappa shape index (κ3) is 4.27. The summed E-state index contributed by atoms with van der Waals surface area (Å²) in [5, 5.41) is 3.01. The highest BCUT2D eigenvalue weighted by atomic mass is 16.2. The first-order valence-electron chi connectivity index (χ1n) is 11.4. The quantitative estimate of drug-likeness (QED) is 0.762. The molecular weight excluding hydrogens is 402 g/mol. The molecule has 2 aliphatic rings. The van der Waals surface area contributed by atoms with Crippen LogP contribution in [0.25, 0.3) is 11.1 Å². The third-order valence-electron chi connectivity index (χ3n) is 6.81. The first kappa shape index (κ1) is 22.1. The Labute approximate surface area is 189 Å². The van der Waals surface area contributed by atoms with Crippen molar-refractivity contribution in [2.75, 3.05) is 33.2 Å². The van der Waals surface area contributed by atoms with Crippen molar-refractivity contribution in [3.8, 4) is 11.1 Å². The Morgan fingerprint density at radius 3 is 2.50 bits per heavy atom. The van der Waals surface area contributed by atoms with Crippen LogP contribution in [-0.2, 0) is 20.8 Å². The smallest absolute Gasteiger partial charge is 0.228 e. The Balaban J connectivity index is 1.60. The van der Waals surface area contributed by atoms with Crippen LogP contribution >= 0.6 is 0 Å². The number of amides is 3. The van der Waals surface area contributed by atoms with Crippen LogP contribution in [0.15, 0.2) is 54.6 Å². The van der Waals surface area contributed by atoms with Gasteiger partial charge in [-0.1, -0.05) is 54.6 Å². The lowest BCUT2D eigenvalue weighted by atomic mass is 9.78. The van der Waals surface area contributed by atoms with E-state index in [1.54, 1.807) is 16.8 Å². The van der Waals surface area contributed by atoms with Crippen molar-refractivity contribution in [3.05, 3.63) is 60.2 Å². The molecule has 168 valence electrons. The number of benzene rings is 2. The number of hydrogen-bond acceptors (Lipinski definition) is 3. The van der Waals surface area contributed by atoms with E-state index in [2.05, 4.69) is 29.6 Å². The first-order chi connectivity index (χ1) is 15.4. The van der Waals surface area contributed by atoms with E-state index >= 15 is 0 Å². The highest BCUT2D eigenvalue weighted by Gasteiger charge is 2.47. The molecule has 0 bridgehead atoms. The summed E-state index contributed by atoms with van der Waals surface area (Å²) in [5.41, 5.74) is 2.66. The first-order valence-corrected chi connectivity index (χ1v) is 11.4. The molecular formula is C26H31N3O3. The van der Waals surface area contributed by atoms with Gasteiger partial charge >= 0.3 is 0 Å². The molecule has 2 atom stereocenters. The molecule has 4 rings (SSSR count). The molecule has 0 aliphatic carbocycles. The van der Waals surface area contributed by atoms with E-state index in [9.17, 15) is 14.4 Å². The van der Waals surface area contributed by atoms with Crippen molar-refractivity contribution < 1.29 is 14.4 Å². The van der Waals surface area contributed by atoms with Gasteiger partial charge in [0.25, 0.3) is 0 Å². The number of nitrogens with zero attached hydrogens (tertiary/aromatic N) is 2. The molecule has 6 nitrogen and oxygen atoms in total. The standard InChI is InChI=1S/C26H31N3O3/c1-3-27-25(32)26(13-14-29(18-26)24(31)21-15-23(30)28(2)17-21)16-20-11-7-8-12-22(20)19-9-5-4-6-10-19/h4-12,21H,3,13-18H2,1-2H3,(H,27,32)/t21-,26+/m0/s1. The van der Waals surface area contributed by atoms with Gasteiger partial charge < -0.3 is 15.1 Å². The zero-order valence-corrected chi connectivity index (χ0v) is 18.8. The van der Waals surface area contributed by atoms with Gasteiger partial charge in [-0.3, -0.25) is 14.4 Å². The number of carbonyl (C=O) groups is 3. The molecule has 2 aromatic rings. The fourth-order valence-electron chi connectivity index (χ4n) is 5.04. The number of hydrogen-bond donors (Lipinski definition) is 1. The normalized spacial score (nSPS) is 22.9. The summed E-state index contributed by atoms with van der Waals surface area (Å²) in [7, 11) is 1.74. The van der Waals surface area contributed by atoms with Crippen LogP contribution in [0.5, 0.6) is 0 Å². The number of rotatable bonds is 6. The lowest BCUT2D eigenvalue weighted by Crippen LogP contribution is -2.46. The molecule has 0 aromatic heterocycles. The minimum absolute atomic E-state index is 0.00205. The molecule has 2 heterocycles. The summed E-state index contributed by atoms with van der Waals surface area (Å²) < 4.78 is 0. The van der Waals surface area contributed by atoms with Gasteiger partial charge in [0.1, 0.15) is 0 Å². The van der Waals surface area contributed by atoms with Crippen molar-refractivity contribution in [1.29, 1.82) is 0 Å². The summed E-state index contributed by atoms with van der Waals surface area (Å²) in [6.07, 6.45) is 1.44. The van der Waals surface area contributed by atoms with Gasteiger partial charge in [-0.05, 0) is 36.5 Å². The van der Waals surface area contributed by atoms with Crippen LogP contribution in [-0.4, -0.2) is 60.7 Å². The molecule has 2 aromatic carbocycles. The molecule has 0 radical (unpaired) electrons. The molecule has 2 aliphatic heterocycles. The van der Waals surface area contributed by atoms with Gasteiger partial charge in [-0.15, -0.1) is 0 Å². The van der Waals surface area contributed by atoms with Crippen LogP contribution < -0.4 is 5.32 Å². The van der Waals surface area contributed by atoms with Crippen molar-refractivity contribution in [2.24, 2.45) is 11.3 Å². The lowest BCUT2D eigenvalue weighted by Gasteiger charge is -2.29. The van der Waals surface area contributed by atoms with E-state index in [1.165, 1.54) is 0 Å². The van der Waals surface area contributed by atoms with Crippen LogP contribution in [0, 0.1) is 11.3 Å². The average molecular weight is 434 g/mol. The summed E-state index contributed by atoms with van der Waals surface area (Å²) in [6.45, 7) is 3.85. The summed E-state index contributed by atoms with van der Waals surface area (Å²) in [4.78, 5) is 41.8. The molecule has 0 spiro atoms. The monoisotopic (exact) mass is 433 g/mol. The number of likely N-dealkylation sites (tertiary alicyclic amines) is 2. The molecule has 3 amide bonds. The largest absolute Gasteiger partial charge is 0.356 e. The fraction of sp³-hybridized carbons (Fsp3) is 0.423. The van der Waals surface area contributed by atoms with Gasteiger partial charge in [-0.25, -0.2) is 0 Å². The van der Waals surface area contributed by atoms with Crippen LogP contribution in [0.2, 0.25) is 0 Å². The van der Waals surface area contributed by atoms with E-state index in [0.717, 1.165) is 16.7 Å². The third-order valence-corrected chi connectivity index (χ3v) is 6.81. The fourth-order valence-corrected chi connectivity index (χ4v) is 5.04. The van der Waals surface area contributed by atoms with Gasteiger partial charge in [0.2, 0.25) is 17.7 Å². The van der Waals surface area contributed by atoms with E-state index < -0.39 is 5.41 Å². The lowest BCUT2D eigenvalue weighted by molar-refractivity contribution is -0.136. The molecule has 1 N–H and O–H groups in total. The average Bonchev–Trinajstić information content (AvgIpc) is 3.39. The summed E-state index contributed by atoms with van der Waals surface area (Å²) in [6, 6.07) is 18.4. The molecule has 0 saturated carbocycles. The Morgan fingerprint density at radius 1 is 1.09 bits per heavy atom. The Bertz CT molecular complexity index is 1010. The number of nitrogens with one attached hydrogen (secondary N) is 1. The molecule has 2 fully saturated rings. The minimum Gasteiger partial charge on any atom is -0.356 e. The molecule has 0 unspecified atom stereocenters. The van der Waals surface area contributed by atoms with E-state index in [0.29, 0.717) is 39.0 Å². The topological polar surface area (TPSA) is 69.7 Å². The van der Waals surface area contributed by atoms with E-state index in [4.69, 9.17) is 0 Å². The molecule has 32 heavy (non-hydrogen) atoms. The zero-order chi connectivity index (χ0) is 22.7. The zero-order valence-electron chi connectivity index (χ0n) is 18.8. The van der Waals surface area contributed by atoms with Crippen molar-refractivity contribution >= 4 is 17.7 Å². The van der Waals surface area contributed by atoms with Gasteiger partial charge in [0.05, 0.1) is 11.3 Å². The second kappa shape index (κ2) is 9.15. The predicted molar refractivity (Wildman–Crippen MR) is 124 cm³/mol. The summed E-state index contributed by atoms with van der Waals surface area (Å²) >= 11 is 0. The van der Waals surface area contributed by atoms with Crippen LogP contribution in [0.4, 0.5) is 0 Å². The highest BCUT2D eigenvalue weighted by Crippen LogP contribution is 2.38. The van der Waals surface area contributed by atoms with Gasteiger partial charge in [-0.2, -0.15) is 0 Å². The maximum absolute atomic E-state index is 13.3. The predicted octanol–water partition coefficient (Wildman–Crippen LogP) is 2.73. The Hall–Kier alpha value is -3.15. The maximum Gasteiger partial charge on any atom is 0.228 e. The van der Waals surface area contributed by atoms with Crippen molar-refractivity contribution in [2.45, 2.75) is 26.2 Å². The Morgan fingerprint density at radius 2 is 1.81 bits per heavy atom. The van der Waals surface area contributed by atoms with Gasteiger partial charge in [0, 0.05) is 39.6 Å². The SMILES string of the molecule is CCNC(=O)[C@@]1(Cc2ccccc2-c2ccccc2)CCN(C(=O)[C@H]2CC(=O)N(C)C2)C1. The van der Waals surface area contributed by atoms with Gasteiger partial charge in [0.15, 0.2) is 0 Å².